The van der Waals surface area contributed by atoms with E-state index in [9.17, 15) is 4.79 Å². The standard InChI is InChI=1S/C13H13ClO4/c1-3-5-17-11-8-12(18-6-4-2)10(14)7-9(11)13(15)16/h3-4,7-8H,1-2,5-6H2,(H,15,16). The molecule has 18 heavy (non-hydrogen) atoms. The van der Waals surface area contributed by atoms with Crippen molar-refractivity contribution in [1.29, 1.82) is 0 Å². The first kappa shape index (κ1) is 14.1. The number of hydrogen-bond acceptors (Lipinski definition) is 3. The van der Waals surface area contributed by atoms with E-state index in [1.54, 1.807) is 6.08 Å². The highest BCUT2D eigenvalue weighted by atomic mass is 35.5. The van der Waals surface area contributed by atoms with Gasteiger partial charge in [-0.25, -0.2) is 4.79 Å². The highest BCUT2D eigenvalue weighted by Crippen LogP contribution is 2.33. The van der Waals surface area contributed by atoms with Crippen LogP contribution in [0.15, 0.2) is 37.4 Å². The smallest absolute Gasteiger partial charge is 0.339 e. The van der Waals surface area contributed by atoms with Crippen LogP contribution in [0.2, 0.25) is 5.02 Å². The molecule has 0 bridgehead atoms. The number of benzene rings is 1. The van der Waals surface area contributed by atoms with E-state index in [1.807, 2.05) is 0 Å². The van der Waals surface area contributed by atoms with Crippen LogP contribution >= 0.6 is 11.6 Å². The third-order valence-corrected chi connectivity index (χ3v) is 2.27. The van der Waals surface area contributed by atoms with Crippen LogP contribution in [0.25, 0.3) is 0 Å². The van der Waals surface area contributed by atoms with E-state index in [2.05, 4.69) is 13.2 Å². The number of carboxylic acid groups (broad SMARTS) is 1. The maximum Gasteiger partial charge on any atom is 0.339 e. The maximum atomic E-state index is 11.0. The van der Waals surface area contributed by atoms with Crippen molar-refractivity contribution < 1.29 is 19.4 Å². The van der Waals surface area contributed by atoms with Gasteiger partial charge in [-0.3, -0.25) is 0 Å². The van der Waals surface area contributed by atoms with Crippen molar-refractivity contribution in [3.8, 4) is 11.5 Å². The highest BCUT2D eigenvalue weighted by Gasteiger charge is 2.16. The molecule has 5 heteroatoms. The third kappa shape index (κ3) is 3.53. The van der Waals surface area contributed by atoms with Crippen molar-refractivity contribution in [2.45, 2.75) is 0 Å². The molecule has 0 amide bonds. The Labute approximate surface area is 110 Å². The number of halogens is 1. The molecule has 1 rings (SSSR count). The Balaban J connectivity index is 3.12. The summed E-state index contributed by atoms with van der Waals surface area (Å²) in [5.41, 5.74) is -0.0206. The zero-order valence-electron chi connectivity index (χ0n) is 9.69. The molecule has 4 nitrogen and oxygen atoms in total. The molecule has 0 spiro atoms. The monoisotopic (exact) mass is 268 g/mol. The van der Waals surface area contributed by atoms with Gasteiger partial charge in [-0.05, 0) is 6.07 Å². The molecule has 0 aliphatic rings. The molecule has 1 N–H and O–H groups in total. The van der Waals surface area contributed by atoms with Gasteiger partial charge in [-0.2, -0.15) is 0 Å². The largest absolute Gasteiger partial charge is 0.488 e. The van der Waals surface area contributed by atoms with Crippen LogP contribution in [0.1, 0.15) is 10.4 Å². The number of aromatic carboxylic acids is 1. The molecule has 96 valence electrons. The second-order valence-electron chi connectivity index (χ2n) is 3.28. The van der Waals surface area contributed by atoms with Crippen LogP contribution in [0.3, 0.4) is 0 Å². The van der Waals surface area contributed by atoms with Gasteiger partial charge in [0.1, 0.15) is 30.3 Å². The van der Waals surface area contributed by atoms with E-state index in [0.717, 1.165) is 0 Å². The normalized spacial score (nSPS) is 9.61. The van der Waals surface area contributed by atoms with E-state index in [0.29, 0.717) is 5.75 Å². The van der Waals surface area contributed by atoms with Crippen molar-refractivity contribution >= 4 is 17.6 Å². The maximum absolute atomic E-state index is 11.0. The summed E-state index contributed by atoms with van der Waals surface area (Å²) >= 11 is 5.92. The lowest BCUT2D eigenvalue weighted by molar-refractivity contribution is 0.0692. The third-order valence-electron chi connectivity index (χ3n) is 1.98. The van der Waals surface area contributed by atoms with Crippen molar-refractivity contribution in [1.82, 2.24) is 0 Å². The zero-order valence-corrected chi connectivity index (χ0v) is 10.4. The summed E-state index contributed by atoms with van der Waals surface area (Å²) < 4.78 is 10.6. The molecule has 0 atom stereocenters. The van der Waals surface area contributed by atoms with Crippen molar-refractivity contribution in [3.63, 3.8) is 0 Å². The van der Waals surface area contributed by atoms with Crippen LogP contribution < -0.4 is 9.47 Å². The van der Waals surface area contributed by atoms with Crippen molar-refractivity contribution in [2.75, 3.05) is 13.2 Å². The van der Waals surface area contributed by atoms with Crippen LogP contribution in [0.4, 0.5) is 0 Å². The fourth-order valence-electron chi connectivity index (χ4n) is 1.23. The molecule has 0 saturated carbocycles. The Morgan fingerprint density at radius 2 is 1.78 bits per heavy atom. The van der Waals surface area contributed by atoms with Gasteiger partial charge in [-0.1, -0.05) is 36.9 Å². The van der Waals surface area contributed by atoms with Crippen molar-refractivity contribution in [3.05, 3.63) is 48.0 Å². The van der Waals surface area contributed by atoms with E-state index in [4.69, 9.17) is 26.2 Å². The Morgan fingerprint density at radius 1 is 1.22 bits per heavy atom. The lowest BCUT2D eigenvalue weighted by Crippen LogP contribution is -2.04. The molecule has 0 heterocycles. The lowest BCUT2D eigenvalue weighted by atomic mass is 10.2. The minimum atomic E-state index is -1.12. The first-order chi connectivity index (χ1) is 8.60. The Hall–Kier alpha value is -1.94. The quantitative estimate of drug-likeness (QED) is 0.772. The average molecular weight is 269 g/mol. The summed E-state index contributed by atoms with van der Waals surface area (Å²) in [5.74, 6) is -0.585. The summed E-state index contributed by atoms with van der Waals surface area (Å²) in [7, 11) is 0. The summed E-state index contributed by atoms with van der Waals surface area (Å²) in [5, 5.41) is 9.24. The van der Waals surface area contributed by atoms with E-state index >= 15 is 0 Å². The van der Waals surface area contributed by atoms with Crippen LogP contribution in [0.5, 0.6) is 11.5 Å². The molecule has 0 saturated heterocycles. The lowest BCUT2D eigenvalue weighted by Gasteiger charge is -2.11. The SMILES string of the molecule is C=CCOc1cc(OCC=C)c(C(=O)O)cc1Cl. The molecule has 0 fully saturated rings. The van der Waals surface area contributed by atoms with Crippen molar-refractivity contribution in [2.24, 2.45) is 0 Å². The van der Waals surface area contributed by atoms with Crippen LogP contribution in [0, 0.1) is 0 Å². The van der Waals surface area contributed by atoms with Gasteiger partial charge in [-0.15, -0.1) is 0 Å². The highest BCUT2D eigenvalue weighted by molar-refractivity contribution is 6.32. The van der Waals surface area contributed by atoms with Crippen LogP contribution in [-0.2, 0) is 0 Å². The fraction of sp³-hybridized carbons (Fsp3) is 0.154. The minimum absolute atomic E-state index is 0.0206. The summed E-state index contributed by atoms with van der Waals surface area (Å²) in [4.78, 5) is 11.0. The minimum Gasteiger partial charge on any atom is -0.488 e. The predicted octanol–water partition coefficient (Wildman–Crippen LogP) is 3.17. The van der Waals surface area contributed by atoms with E-state index in [1.165, 1.54) is 18.2 Å². The van der Waals surface area contributed by atoms with Gasteiger partial charge >= 0.3 is 5.97 Å². The van der Waals surface area contributed by atoms with Gasteiger partial charge < -0.3 is 14.6 Å². The average Bonchev–Trinajstić information content (AvgIpc) is 2.35. The second kappa shape index (κ2) is 6.71. The topological polar surface area (TPSA) is 55.8 Å². The van der Waals surface area contributed by atoms with Gasteiger partial charge in [0.2, 0.25) is 0 Å². The molecule has 0 aromatic heterocycles. The first-order valence-electron chi connectivity index (χ1n) is 5.14. The molecule has 1 aromatic carbocycles. The molecule has 0 aliphatic heterocycles. The molecule has 0 aliphatic carbocycles. The van der Waals surface area contributed by atoms with Gasteiger partial charge in [0.25, 0.3) is 0 Å². The molecular formula is C13H13ClO4. The number of carbonyl (C=O) groups is 1. The Kier molecular flexibility index (Phi) is 5.27. The number of carboxylic acids is 1. The first-order valence-corrected chi connectivity index (χ1v) is 5.52. The predicted molar refractivity (Wildman–Crippen MR) is 69.8 cm³/mol. The number of hydrogen-bond donors (Lipinski definition) is 1. The molecular weight excluding hydrogens is 256 g/mol. The Bertz CT molecular complexity index is 468. The Morgan fingerprint density at radius 3 is 2.28 bits per heavy atom. The zero-order chi connectivity index (χ0) is 13.5. The number of ether oxygens (including phenoxy) is 2. The van der Waals surface area contributed by atoms with Gasteiger partial charge in [0, 0.05) is 6.07 Å². The molecule has 1 aromatic rings. The second-order valence-corrected chi connectivity index (χ2v) is 3.69. The van der Waals surface area contributed by atoms with E-state index < -0.39 is 5.97 Å². The molecule has 0 radical (unpaired) electrons. The summed E-state index contributed by atoms with van der Waals surface area (Å²) in [6.45, 7) is 7.48. The molecule has 0 unspecified atom stereocenters. The van der Waals surface area contributed by atoms with Crippen LogP contribution in [-0.4, -0.2) is 24.3 Å². The van der Waals surface area contributed by atoms with E-state index in [-0.39, 0.29) is 29.5 Å². The number of rotatable bonds is 7. The summed E-state index contributed by atoms with van der Waals surface area (Å²) in [6.07, 6.45) is 3.08. The fourth-order valence-corrected chi connectivity index (χ4v) is 1.45. The summed E-state index contributed by atoms with van der Waals surface area (Å²) in [6, 6.07) is 2.74. The van der Waals surface area contributed by atoms with Gasteiger partial charge in [0.05, 0.1) is 5.02 Å². The van der Waals surface area contributed by atoms with Gasteiger partial charge in [0.15, 0.2) is 0 Å².